The number of hydrogen-bond donors (Lipinski definition) is 1. The number of aryl methyl sites for hydroxylation is 1. The van der Waals surface area contributed by atoms with Gasteiger partial charge in [0.2, 0.25) is 0 Å². The average Bonchev–Trinajstić information content (AvgIpc) is 2.71. The zero-order valence-electron chi connectivity index (χ0n) is 17.0. The van der Waals surface area contributed by atoms with Gasteiger partial charge in [0, 0.05) is 52.0 Å². The van der Waals surface area contributed by atoms with Crippen molar-refractivity contribution in [2.24, 2.45) is 5.92 Å². The predicted octanol–water partition coefficient (Wildman–Crippen LogP) is 1.72. The Kier molecular flexibility index (Phi) is 6.81. The molecule has 2 aliphatic heterocycles. The predicted molar refractivity (Wildman–Crippen MR) is 108 cm³/mol. The molecule has 2 saturated heterocycles. The summed E-state index contributed by atoms with van der Waals surface area (Å²) in [5, 5.41) is 13.7. The maximum atomic E-state index is 12.6. The fourth-order valence-electron chi connectivity index (χ4n) is 3.96. The summed E-state index contributed by atoms with van der Waals surface area (Å²) in [5.74, 6) is -0.718. The highest BCUT2D eigenvalue weighted by atomic mass is 16.6. The van der Waals surface area contributed by atoms with E-state index in [0.717, 1.165) is 45.7 Å². The smallest absolute Gasteiger partial charge is 0.313 e. The molecule has 0 bridgehead atoms. The molecule has 0 atom stereocenters. The minimum Gasteiger partial charge on any atom is -0.381 e. The molecule has 2 aliphatic rings. The monoisotopic (exact) mass is 404 g/mol. The van der Waals surface area contributed by atoms with Gasteiger partial charge >= 0.3 is 11.8 Å². The number of rotatable bonds is 4. The third kappa shape index (κ3) is 5.10. The first kappa shape index (κ1) is 21.2. The molecule has 0 unspecified atom stereocenters. The molecule has 0 spiro atoms. The normalized spacial score (nSPS) is 18.5. The minimum absolute atomic E-state index is 0.0833. The third-order valence-electron chi connectivity index (χ3n) is 5.79. The van der Waals surface area contributed by atoms with Crippen LogP contribution in [-0.4, -0.2) is 72.5 Å². The molecule has 158 valence electrons. The molecule has 1 aromatic rings. The Morgan fingerprint density at radius 2 is 1.83 bits per heavy atom. The van der Waals surface area contributed by atoms with Crippen LogP contribution in [0.1, 0.15) is 24.0 Å². The van der Waals surface area contributed by atoms with E-state index >= 15 is 0 Å². The molecule has 2 heterocycles. The molecule has 9 nitrogen and oxygen atoms in total. The lowest BCUT2D eigenvalue weighted by Crippen LogP contribution is -2.52. The second-order valence-electron chi connectivity index (χ2n) is 7.76. The van der Waals surface area contributed by atoms with Crippen molar-refractivity contribution >= 4 is 23.2 Å². The molecule has 1 aromatic carbocycles. The van der Waals surface area contributed by atoms with Crippen molar-refractivity contribution in [3.8, 4) is 0 Å². The molecule has 0 saturated carbocycles. The quantitative estimate of drug-likeness (QED) is 0.465. The van der Waals surface area contributed by atoms with E-state index in [9.17, 15) is 19.7 Å². The van der Waals surface area contributed by atoms with Crippen LogP contribution in [0.3, 0.4) is 0 Å². The summed E-state index contributed by atoms with van der Waals surface area (Å²) in [6.45, 7) is 8.44. The number of carbonyl (C=O) groups excluding carboxylic acids is 2. The van der Waals surface area contributed by atoms with Crippen LogP contribution in [0.15, 0.2) is 12.1 Å². The molecule has 0 aromatic heterocycles. The first-order chi connectivity index (χ1) is 13.9. The molecule has 0 radical (unpaired) electrons. The van der Waals surface area contributed by atoms with Gasteiger partial charge in [0.15, 0.2) is 0 Å². The molecular formula is C20H28N4O5. The maximum Gasteiger partial charge on any atom is 0.313 e. The van der Waals surface area contributed by atoms with Gasteiger partial charge in [-0.1, -0.05) is 6.07 Å². The number of benzene rings is 1. The average molecular weight is 404 g/mol. The van der Waals surface area contributed by atoms with E-state index in [0.29, 0.717) is 35.8 Å². The number of nitro groups is 1. The van der Waals surface area contributed by atoms with Gasteiger partial charge in [-0.15, -0.1) is 0 Å². The third-order valence-corrected chi connectivity index (χ3v) is 5.79. The number of anilines is 1. The van der Waals surface area contributed by atoms with Gasteiger partial charge in [0.05, 0.1) is 16.2 Å². The molecular weight excluding hydrogens is 376 g/mol. The van der Waals surface area contributed by atoms with Crippen LogP contribution >= 0.6 is 0 Å². The van der Waals surface area contributed by atoms with Crippen molar-refractivity contribution < 1.29 is 19.2 Å². The highest BCUT2D eigenvalue weighted by molar-refractivity contribution is 6.39. The van der Waals surface area contributed by atoms with E-state index < -0.39 is 16.7 Å². The van der Waals surface area contributed by atoms with Crippen LogP contribution in [-0.2, 0) is 14.3 Å². The van der Waals surface area contributed by atoms with E-state index in [4.69, 9.17) is 4.74 Å². The number of amides is 2. The van der Waals surface area contributed by atoms with Gasteiger partial charge in [0.25, 0.3) is 5.69 Å². The summed E-state index contributed by atoms with van der Waals surface area (Å²) in [5.41, 5.74) is 1.27. The first-order valence-corrected chi connectivity index (χ1v) is 10.0. The topological polar surface area (TPSA) is 105 Å². The number of nitrogens with zero attached hydrogens (tertiary/aromatic N) is 3. The Balaban J connectivity index is 1.55. The molecule has 2 fully saturated rings. The van der Waals surface area contributed by atoms with Crippen molar-refractivity contribution in [2.75, 3.05) is 51.3 Å². The number of nitro benzene ring substituents is 1. The van der Waals surface area contributed by atoms with Crippen LogP contribution in [0.25, 0.3) is 0 Å². The van der Waals surface area contributed by atoms with Crippen LogP contribution in [0, 0.1) is 29.9 Å². The maximum absolute atomic E-state index is 12.6. The molecule has 1 N–H and O–H groups in total. The Hall–Kier alpha value is -2.52. The Morgan fingerprint density at radius 3 is 2.45 bits per heavy atom. The Bertz CT molecular complexity index is 783. The van der Waals surface area contributed by atoms with Crippen LogP contribution in [0.5, 0.6) is 0 Å². The zero-order valence-corrected chi connectivity index (χ0v) is 17.0. The van der Waals surface area contributed by atoms with Gasteiger partial charge < -0.3 is 15.0 Å². The van der Waals surface area contributed by atoms with E-state index in [1.807, 2.05) is 0 Å². The second-order valence-corrected chi connectivity index (χ2v) is 7.76. The summed E-state index contributed by atoms with van der Waals surface area (Å²) in [7, 11) is 0. The summed E-state index contributed by atoms with van der Waals surface area (Å²) in [6, 6.07) is 2.97. The van der Waals surface area contributed by atoms with Crippen LogP contribution < -0.4 is 5.32 Å². The summed E-state index contributed by atoms with van der Waals surface area (Å²) < 4.78 is 5.40. The van der Waals surface area contributed by atoms with Gasteiger partial charge in [0.1, 0.15) is 0 Å². The van der Waals surface area contributed by atoms with E-state index in [1.165, 1.54) is 6.07 Å². The fourth-order valence-corrected chi connectivity index (χ4v) is 3.96. The van der Waals surface area contributed by atoms with Crippen molar-refractivity contribution in [2.45, 2.75) is 26.7 Å². The van der Waals surface area contributed by atoms with Crippen molar-refractivity contribution in [1.82, 2.24) is 9.80 Å². The SMILES string of the molecule is Cc1ccc([N+](=O)[O-])c(C)c1NC(=O)C(=O)N1CCN(CC2CCOCC2)CC1. The highest BCUT2D eigenvalue weighted by Crippen LogP contribution is 2.28. The van der Waals surface area contributed by atoms with Crippen LogP contribution in [0.2, 0.25) is 0 Å². The molecule has 29 heavy (non-hydrogen) atoms. The standard InChI is InChI=1S/C20H28N4O5/c1-14-3-4-17(24(27)28)15(2)18(14)21-19(25)20(26)23-9-7-22(8-10-23)13-16-5-11-29-12-6-16/h3-4,16H,5-13H2,1-2H3,(H,21,25). The van der Waals surface area contributed by atoms with Crippen molar-refractivity contribution in [3.05, 3.63) is 33.4 Å². The lowest BCUT2D eigenvalue weighted by atomic mass is 9.99. The largest absolute Gasteiger partial charge is 0.381 e. The van der Waals surface area contributed by atoms with Gasteiger partial charge in [-0.25, -0.2) is 0 Å². The van der Waals surface area contributed by atoms with E-state index in [2.05, 4.69) is 10.2 Å². The number of carbonyl (C=O) groups is 2. The van der Waals surface area contributed by atoms with Gasteiger partial charge in [-0.05, 0) is 38.2 Å². The molecule has 0 aliphatic carbocycles. The molecule has 9 heteroatoms. The number of piperazine rings is 1. The molecule has 3 rings (SSSR count). The van der Waals surface area contributed by atoms with E-state index in [-0.39, 0.29) is 5.69 Å². The lowest BCUT2D eigenvalue weighted by molar-refractivity contribution is -0.385. The summed E-state index contributed by atoms with van der Waals surface area (Å²) in [6.07, 6.45) is 2.15. The Labute approximate surface area is 170 Å². The summed E-state index contributed by atoms with van der Waals surface area (Å²) in [4.78, 5) is 39.6. The number of nitrogens with one attached hydrogen (secondary N) is 1. The second kappa shape index (κ2) is 9.32. The van der Waals surface area contributed by atoms with Crippen molar-refractivity contribution in [1.29, 1.82) is 0 Å². The Morgan fingerprint density at radius 1 is 1.17 bits per heavy atom. The first-order valence-electron chi connectivity index (χ1n) is 10.0. The van der Waals surface area contributed by atoms with Crippen molar-refractivity contribution in [3.63, 3.8) is 0 Å². The van der Waals surface area contributed by atoms with E-state index in [1.54, 1.807) is 24.8 Å². The molecule has 2 amide bonds. The minimum atomic E-state index is -0.755. The number of hydrogen-bond acceptors (Lipinski definition) is 6. The van der Waals surface area contributed by atoms with Crippen LogP contribution in [0.4, 0.5) is 11.4 Å². The summed E-state index contributed by atoms with van der Waals surface area (Å²) >= 11 is 0. The van der Waals surface area contributed by atoms with Gasteiger partial charge in [-0.3, -0.25) is 24.6 Å². The van der Waals surface area contributed by atoms with Gasteiger partial charge in [-0.2, -0.15) is 0 Å². The highest BCUT2D eigenvalue weighted by Gasteiger charge is 2.28. The number of ether oxygens (including phenoxy) is 1. The lowest BCUT2D eigenvalue weighted by Gasteiger charge is -2.36. The fraction of sp³-hybridized carbons (Fsp3) is 0.600. The zero-order chi connectivity index (χ0) is 21.0.